The van der Waals surface area contributed by atoms with Crippen molar-refractivity contribution in [3.8, 4) is 5.75 Å². The van der Waals surface area contributed by atoms with Crippen molar-refractivity contribution >= 4 is 23.4 Å². The number of halogens is 1. The molecule has 3 unspecified atom stereocenters. The lowest BCUT2D eigenvalue weighted by Crippen LogP contribution is -2.43. The largest absolute Gasteiger partial charge is 0.493 e. The summed E-state index contributed by atoms with van der Waals surface area (Å²) in [5.41, 5.74) is 3.54. The molecule has 2 aromatic carbocycles. The van der Waals surface area contributed by atoms with Gasteiger partial charge in [0.15, 0.2) is 0 Å². The first-order valence-electron chi connectivity index (χ1n) is 10.4. The number of rotatable bonds is 4. The van der Waals surface area contributed by atoms with Gasteiger partial charge < -0.3 is 14.2 Å². The third-order valence-electron chi connectivity index (χ3n) is 5.88. The summed E-state index contributed by atoms with van der Waals surface area (Å²) >= 11 is 6.12. The molecule has 4 rings (SSSR count). The summed E-state index contributed by atoms with van der Waals surface area (Å²) in [7, 11) is 0. The number of aryl methyl sites for hydroxylation is 3. The van der Waals surface area contributed by atoms with E-state index in [2.05, 4.69) is 0 Å². The number of ether oxygens (including phenoxy) is 3. The standard InChI is InChI=1S/C25H25ClO5/c1-14-10-15(2)23(16(3)11-14)25(28)30-17-8-9-18-21(12-17)29-13-22(24(18)27)31-20-7-5-4-6-19(20)26/h4-7,10-11,13,17-18,21H,8-9,12H2,1-3H3. The van der Waals surface area contributed by atoms with E-state index in [1.165, 1.54) is 6.26 Å². The van der Waals surface area contributed by atoms with Gasteiger partial charge >= 0.3 is 5.97 Å². The maximum Gasteiger partial charge on any atom is 0.338 e. The molecule has 2 aliphatic rings. The third kappa shape index (κ3) is 4.47. The second-order valence-electron chi connectivity index (χ2n) is 8.27. The molecular weight excluding hydrogens is 416 g/mol. The normalized spacial score (nSPS) is 22.8. The van der Waals surface area contributed by atoms with E-state index in [0.29, 0.717) is 35.6 Å². The summed E-state index contributed by atoms with van der Waals surface area (Å²) in [6.07, 6.45) is 2.37. The molecule has 1 aliphatic carbocycles. The molecule has 0 spiro atoms. The van der Waals surface area contributed by atoms with E-state index in [0.717, 1.165) is 16.7 Å². The quantitative estimate of drug-likeness (QED) is 0.589. The minimum absolute atomic E-state index is 0.105. The number of carbonyl (C=O) groups is 2. The fourth-order valence-electron chi connectivity index (χ4n) is 4.47. The SMILES string of the molecule is Cc1cc(C)c(C(=O)OC2CCC3C(=O)C(Oc4ccccc4Cl)=COC3C2)c(C)c1. The van der Waals surface area contributed by atoms with Gasteiger partial charge in [-0.25, -0.2) is 4.79 Å². The van der Waals surface area contributed by atoms with Crippen LogP contribution in [0.1, 0.15) is 46.3 Å². The van der Waals surface area contributed by atoms with E-state index in [1.807, 2.05) is 32.9 Å². The highest BCUT2D eigenvalue weighted by atomic mass is 35.5. The average Bonchev–Trinajstić information content (AvgIpc) is 2.71. The van der Waals surface area contributed by atoms with E-state index in [4.69, 9.17) is 25.8 Å². The number of ketones is 1. The molecule has 6 heteroatoms. The molecule has 0 bridgehead atoms. The molecular formula is C25H25ClO5. The molecule has 0 radical (unpaired) electrons. The molecule has 5 nitrogen and oxygen atoms in total. The fraction of sp³-hybridized carbons (Fsp3) is 0.360. The lowest BCUT2D eigenvalue weighted by molar-refractivity contribution is -0.132. The molecule has 1 heterocycles. The monoisotopic (exact) mass is 440 g/mol. The van der Waals surface area contributed by atoms with Gasteiger partial charge in [-0.05, 0) is 56.9 Å². The molecule has 0 saturated heterocycles. The summed E-state index contributed by atoms with van der Waals surface area (Å²) in [5, 5.41) is 0.427. The predicted octanol–water partition coefficient (Wildman–Crippen LogP) is 5.48. The van der Waals surface area contributed by atoms with E-state index in [1.54, 1.807) is 24.3 Å². The van der Waals surface area contributed by atoms with Crippen LogP contribution >= 0.6 is 11.6 Å². The first-order chi connectivity index (χ1) is 14.8. The molecule has 31 heavy (non-hydrogen) atoms. The Morgan fingerprint density at radius 2 is 1.81 bits per heavy atom. The van der Waals surface area contributed by atoms with Crippen molar-refractivity contribution < 1.29 is 23.8 Å². The number of benzene rings is 2. The van der Waals surface area contributed by atoms with Crippen LogP contribution in [0.5, 0.6) is 5.75 Å². The highest BCUT2D eigenvalue weighted by molar-refractivity contribution is 6.32. The Hall–Kier alpha value is -2.79. The van der Waals surface area contributed by atoms with Crippen LogP contribution in [0.4, 0.5) is 0 Å². The van der Waals surface area contributed by atoms with Gasteiger partial charge in [-0.2, -0.15) is 0 Å². The van der Waals surface area contributed by atoms with Gasteiger partial charge in [0.05, 0.1) is 16.5 Å². The zero-order valence-electron chi connectivity index (χ0n) is 17.8. The van der Waals surface area contributed by atoms with Gasteiger partial charge in [0.25, 0.3) is 0 Å². The predicted molar refractivity (Wildman–Crippen MR) is 117 cm³/mol. The van der Waals surface area contributed by atoms with Crippen LogP contribution in [0.25, 0.3) is 0 Å². The van der Waals surface area contributed by atoms with Crippen LogP contribution in [0, 0.1) is 26.7 Å². The maximum atomic E-state index is 12.9. The molecule has 3 atom stereocenters. The molecule has 0 aromatic heterocycles. The second-order valence-corrected chi connectivity index (χ2v) is 8.68. The molecule has 2 aromatic rings. The van der Waals surface area contributed by atoms with Crippen LogP contribution in [-0.4, -0.2) is 24.0 Å². The van der Waals surface area contributed by atoms with Crippen LogP contribution in [-0.2, 0) is 14.3 Å². The molecule has 0 N–H and O–H groups in total. The molecule has 1 saturated carbocycles. The Bertz CT molecular complexity index is 1030. The smallest absolute Gasteiger partial charge is 0.338 e. The summed E-state index contributed by atoms with van der Waals surface area (Å²) in [6, 6.07) is 10.9. The number of esters is 1. The van der Waals surface area contributed by atoms with Gasteiger partial charge in [0, 0.05) is 6.42 Å². The first kappa shape index (κ1) is 21.4. The molecule has 1 fully saturated rings. The zero-order valence-corrected chi connectivity index (χ0v) is 18.6. The van der Waals surface area contributed by atoms with Crippen molar-refractivity contribution in [3.63, 3.8) is 0 Å². The Balaban J connectivity index is 1.42. The number of carbonyl (C=O) groups excluding carboxylic acids is 2. The highest BCUT2D eigenvalue weighted by Gasteiger charge is 2.42. The lowest BCUT2D eigenvalue weighted by Gasteiger charge is -2.36. The van der Waals surface area contributed by atoms with E-state index in [-0.39, 0.29) is 35.6 Å². The molecule has 0 amide bonds. The van der Waals surface area contributed by atoms with Gasteiger partial charge in [-0.1, -0.05) is 41.4 Å². The topological polar surface area (TPSA) is 61.8 Å². The minimum Gasteiger partial charge on any atom is -0.493 e. The lowest BCUT2D eigenvalue weighted by atomic mass is 9.80. The van der Waals surface area contributed by atoms with Gasteiger partial charge in [0.1, 0.15) is 24.2 Å². The number of hydrogen-bond donors (Lipinski definition) is 0. The van der Waals surface area contributed by atoms with Crippen molar-refractivity contribution in [1.29, 1.82) is 0 Å². The number of fused-ring (bicyclic) bond motifs is 1. The summed E-state index contributed by atoms with van der Waals surface area (Å²) in [4.78, 5) is 25.7. The van der Waals surface area contributed by atoms with Gasteiger partial charge in [-0.3, -0.25) is 4.79 Å². The van der Waals surface area contributed by atoms with Crippen LogP contribution in [0.3, 0.4) is 0 Å². The average molecular weight is 441 g/mol. The van der Waals surface area contributed by atoms with Crippen molar-refractivity contribution in [2.24, 2.45) is 5.92 Å². The summed E-state index contributed by atoms with van der Waals surface area (Å²) in [6.45, 7) is 5.84. The first-order valence-corrected chi connectivity index (χ1v) is 10.8. The van der Waals surface area contributed by atoms with Gasteiger partial charge in [-0.15, -0.1) is 0 Å². The van der Waals surface area contributed by atoms with Crippen molar-refractivity contribution in [2.75, 3.05) is 0 Å². The zero-order chi connectivity index (χ0) is 22.1. The Labute approximate surface area is 186 Å². The number of allylic oxidation sites excluding steroid dienone is 1. The van der Waals surface area contributed by atoms with Crippen molar-refractivity contribution in [3.05, 3.63) is 75.7 Å². The fourth-order valence-corrected chi connectivity index (χ4v) is 4.65. The third-order valence-corrected chi connectivity index (χ3v) is 6.20. The Morgan fingerprint density at radius 1 is 1.10 bits per heavy atom. The Kier molecular flexibility index (Phi) is 6.05. The molecule has 162 valence electrons. The van der Waals surface area contributed by atoms with E-state index in [9.17, 15) is 9.59 Å². The number of Topliss-reactive ketones (excluding diaryl/α,β-unsaturated/α-hetero) is 1. The molecule has 1 aliphatic heterocycles. The summed E-state index contributed by atoms with van der Waals surface area (Å²) in [5.74, 6) is -0.182. The van der Waals surface area contributed by atoms with Gasteiger partial charge in [0.2, 0.25) is 11.5 Å². The number of para-hydroxylation sites is 1. The summed E-state index contributed by atoms with van der Waals surface area (Å²) < 4.78 is 17.3. The highest BCUT2D eigenvalue weighted by Crippen LogP contribution is 2.36. The number of hydrogen-bond acceptors (Lipinski definition) is 5. The van der Waals surface area contributed by atoms with Crippen LogP contribution < -0.4 is 4.74 Å². The Morgan fingerprint density at radius 3 is 2.52 bits per heavy atom. The van der Waals surface area contributed by atoms with Crippen LogP contribution in [0.15, 0.2) is 48.4 Å². The maximum absolute atomic E-state index is 12.9. The van der Waals surface area contributed by atoms with Crippen LogP contribution in [0.2, 0.25) is 5.02 Å². The van der Waals surface area contributed by atoms with Crippen molar-refractivity contribution in [2.45, 2.75) is 52.2 Å². The minimum atomic E-state index is -0.335. The van der Waals surface area contributed by atoms with Crippen molar-refractivity contribution in [1.82, 2.24) is 0 Å². The van der Waals surface area contributed by atoms with E-state index >= 15 is 0 Å². The van der Waals surface area contributed by atoms with E-state index < -0.39 is 0 Å². The second kappa shape index (κ2) is 8.75.